The lowest BCUT2D eigenvalue weighted by molar-refractivity contribution is 0.193. The summed E-state index contributed by atoms with van der Waals surface area (Å²) in [6.45, 7) is 0.842. The van der Waals surface area contributed by atoms with Gasteiger partial charge in [-0.3, -0.25) is 0 Å². The SMILES string of the molecule is COCCCCc1cnc(N)s1. The fourth-order valence-electron chi connectivity index (χ4n) is 0.984. The predicted octanol–water partition coefficient (Wildman–Crippen LogP) is 1.69. The van der Waals surface area contributed by atoms with Crippen molar-refractivity contribution in [1.29, 1.82) is 0 Å². The third-order valence-electron chi connectivity index (χ3n) is 1.59. The summed E-state index contributed by atoms with van der Waals surface area (Å²) >= 11 is 1.57. The molecule has 4 heteroatoms. The van der Waals surface area contributed by atoms with Crippen LogP contribution in [0.3, 0.4) is 0 Å². The average Bonchev–Trinajstić information content (AvgIpc) is 2.45. The molecule has 0 spiro atoms. The number of aryl methyl sites for hydroxylation is 1. The Morgan fingerprint density at radius 3 is 3.00 bits per heavy atom. The van der Waals surface area contributed by atoms with Crippen LogP contribution in [0.25, 0.3) is 0 Å². The summed E-state index contributed by atoms with van der Waals surface area (Å²) < 4.78 is 4.95. The number of nitrogens with zero attached hydrogens (tertiary/aromatic N) is 1. The van der Waals surface area contributed by atoms with Crippen LogP contribution in [-0.2, 0) is 11.2 Å². The minimum Gasteiger partial charge on any atom is -0.385 e. The monoisotopic (exact) mass is 186 g/mol. The van der Waals surface area contributed by atoms with Gasteiger partial charge in [-0.1, -0.05) is 0 Å². The Morgan fingerprint density at radius 2 is 2.42 bits per heavy atom. The van der Waals surface area contributed by atoms with Gasteiger partial charge in [0.15, 0.2) is 5.13 Å². The number of hydrogen-bond acceptors (Lipinski definition) is 4. The number of nitrogens with two attached hydrogens (primary N) is 1. The first-order valence-corrected chi connectivity index (χ1v) is 4.83. The number of unbranched alkanes of at least 4 members (excludes halogenated alkanes) is 1. The average molecular weight is 186 g/mol. The van der Waals surface area contributed by atoms with Crippen molar-refractivity contribution in [2.45, 2.75) is 19.3 Å². The maximum absolute atomic E-state index is 5.49. The summed E-state index contributed by atoms with van der Waals surface area (Å²) in [6, 6.07) is 0. The zero-order valence-electron chi connectivity index (χ0n) is 7.25. The lowest BCUT2D eigenvalue weighted by Crippen LogP contribution is -1.89. The van der Waals surface area contributed by atoms with Crippen molar-refractivity contribution in [2.75, 3.05) is 19.5 Å². The first-order chi connectivity index (χ1) is 5.83. The zero-order chi connectivity index (χ0) is 8.81. The minimum atomic E-state index is 0.664. The van der Waals surface area contributed by atoms with E-state index in [1.807, 2.05) is 6.20 Å². The predicted molar refractivity (Wildman–Crippen MR) is 51.3 cm³/mol. The molecule has 1 aromatic rings. The second-order valence-electron chi connectivity index (χ2n) is 2.61. The van der Waals surface area contributed by atoms with Gasteiger partial charge < -0.3 is 10.5 Å². The Morgan fingerprint density at radius 1 is 1.58 bits per heavy atom. The van der Waals surface area contributed by atoms with Crippen LogP contribution >= 0.6 is 11.3 Å². The number of rotatable bonds is 5. The summed E-state index contributed by atoms with van der Waals surface area (Å²) in [4.78, 5) is 5.25. The molecule has 0 fully saturated rings. The number of aromatic nitrogens is 1. The molecule has 0 aliphatic carbocycles. The lowest BCUT2D eigenvalue weighted by Gasteiger charge is -1.96. The molecule has 0 atom stereocenters. The molecular formula is C8H14N2OS. The Kier molecular flexibility index (Phi) is 4.04. The Bertz CT molecular complexity index is 225. The van der Waals surface area contributed by atoms with Crippen molar-refractivity contribution in [3.8, 4) is 0 Å². The van der Waals surface area contributed by atoms with Crippen LogP contribution in [0.15, 0.2) is 6.20 Å². The summed E-state index contributed by atoms with van der Waals surface area (Å²) in [5.41, 5.74) is 5.49. The molecule has 12 heavy (non-hydrogen) atoms. The van der Waals surface area contributed by atoms with Gasteiger partial charge in [0, 0.05) is 24.8 Å². The fourth-order valence-corrected chi connectivity index (χ4v) is 1.71. The normalized spacial score (nSPS) is 10.4. The van der Waals surface area contributed by atoms with E-state index in [1.54, 1.807) is 18.4 Å². The number of ether oxygens (including phenoxy) is 1. The molecule has 0 aliphatic rings. The summed E-state index contributed by atoms with van der Waals surface area (Å²) in [6.07, 6.45) is 5.18. The second kappa shape index (κ2) is 5.11. The van der Waals surface area contributed by atoms with Gasteiger partial charge in [0.1, 0.15) is 0 Å². The molecular weight excluding hydrogens is 172 g/mol. The van der Waals surface area contributed by atoms with E-state index in [4.69, 9.17) is 10.5 Å². The van der Waals surface area contributed by atoms with Crippen LogP contribution in [0.1, 0.15) is 17.7 Å². The molecule has 0 saturated carbocycles. The zero-order valence-corrected chi connectivity index (χ0v) is 8.06. The van der Waals surface area contributed by atoms with Gasteiger partial charge in [0.2, 0.25) is 0 Å². The van der Waals surface area contributed by atoms with Crippen LogP contribution < -0.4 is 5.73 Å². The third kappa shape index (κ3) is 3.19. The highest BCUT2D eigenvalue weighted by atomic mass is 32.1. The van der Waals surface area contributed by atoms with Crippen LogP contribution in [0.4, 0.5) is 5.13 Å². The van der Waals surface area contributed by atoms with Crippen molar-refractivity contribution in [1.82, 2.24) is 4.98 Å². The van der Waals surface area contributed by atoms with E-state index < -0.39 is 0 Å². The molecule has 0 radical (unpaired) electrons. The molecule has 3 nitrogen and oxygen atoms in total. The minimum absolute atomic E-state index is 0.664. The maximum Gasteiger partial charge on any atom is 0.180 e. The van der Waals surface area contributed by atoms with Gasteiger partial charge >= 0.3 is 0 Å². The quantitative estimate of drug-likeness (QED) is 0.712. The van der Waals surface area contributed by atoms with Crippen LogP contribution in [-0.4, -0.2) is 18.7 Å². The molecule has 0 bridgehead atoms. The summed E-state index contributed by atoms with van der Waals surface area (Å²) in [5, 5.41) is 0.664. The topological polar surface area (TPSA) is 48.1 Å². The lowest BCUT2D eigenvalue weighted by atomic mass is 10.2. The highest BCUT2D eigenvalue weighted by molar-refractivity contribution is 7.15. The third-order valence-corrected chi connectivity index (χ3v) is 2.48. The Balaban J connectivity index is 2.15. The summed E-state index contributed by atoms with van der Waals surface area (Å²) in [7, 11) is 1.73. The highest BCUT2D eigenvalue weighted by Crippen LogP contribution is 2.16. The van der Waals surface area contributed by atoms with E-state index in [1.165, 1.54) is 4.88 Å². The number of hydrogen-bond donors (Lipinski definition) is 1. The molecule has 0 aromatic carbocycles. The van der Waals surface area contributed by atoms with Crippen molar-refractivity contribution >= 4 is 16.5 Å². The van der Waals surface area contributed by atoms with E-state index in [2.05, 4.69) is 4.98 Å². The molecule has 0 unspecified atom stereocenters. The van der Waals surface area contributed by atoms with Crippen LogP contribution in [0, 0.1) is 0 Å². The van der Waals surface area contributed by atoms with Crippen molar-refractivity contribution in [3.05, 3.63) is 11.1 Å². The fraction of sp³-hybridized carbons (Fsp3) is 0.625. The molecule has 0 amide bonds. The summed E-state index contributed by atoms with van der Waals surface area (Å²) in [5.74, 6) is 0. The van der Waals surface area contributed by atoms with Gasteiger partial charge in [-0.2, -0.15) is 0 Å². The molecule has 0 saturated heterocycles. The number of methoxy groups -OCH3 is 1. The second-order valence-corrected chi connectivity index (χ2v) is 3.76. The standard InChI is InChI=1S/C8H14N2OS/c1-11-5-3-2-4-7-6-10-8(9)12-7/h6H,2-5H2,1H3,(H2,9,10). The smallest absolute Gasteiger partial charge is 0.180 e. The Hall–Kier alpha value is -0.610. The van der Waals surface area contributed by atoms with Gasteiger partial charge in [-0.15, -0.1) is 11.3 Å². The van der Waals surface area contributed by atoms with E-state index >= 15 is 0 Å². The van der Waals surface area contributed by atoms with Crippen LogP contribution in [0.5, 0.6) is 0 Å². The van der Waals surface area contributed by atoms with Gasteiger partial charge in [0.05, 0.1) is 0 Å². The van der Waals surface area contributed by atoms with E-state index in [-0.39, 0.29) is 0 Å². The number of nitrogen functional groups attached to an aromatic ring is 1. The van der Waals surface area contributed by atoms with Crippen molar-refractivity contribution in [2.24, 2.45) is 0 Å². The molecule has 1 rings (SSSR count). The van der Waals surface area contributed by atoms with Crippen molar-refractivity contribution in [3.63, 3.8) is 0 Å². The van der Waals surface area contributed by atoms with Crippen LogP contribution in [0.2, 0.25) is 0 Å². The molecule has 68 valence electrons. The first kappa shape index (κ1) is 9.48. The maximum atomic E-state index is 5.49. The molecule has 2 N–H and O–H groups in total. The van der Waals surface area contributed by atoms with E-state index in [0.717, 1.165) is 25.9 Å². The van der Waals surface area contributed by atoms with Gasteiger partial charge in [0.25, 0.3) is 0 Å². The Labute approximate surface area is 76.6 Å². The number of thiazole rings is 1. The van der Waals surface area contributed by atoms with Gasteiger partial charge in [-0.05, 0) is 19.3 Å². The number of anilines is 1. The first-order valence-electron chi connectivity index (χ1n) is 4.02. The molecule has 1 aromatic heterocycles. The molecule has 0 aliphatic heterocycles. The highest BCUT2D eigenvalue weighted by Gasteiger charge is 1.97. The van der Waals surface area contributed by atoms with E-state index in [9.17, 15) is 0 Å². The van der Waals surface area contributed by atoms with Gasteiger partial charge in [-0.25, -0.2) is 4.98 Å². The van der Waals surface area contributed by atoms with E-state index in [0.29, 0.717) is 5.13 Å². The molecule has 1 heterocycles. The van der Waals surface area contributed by atoms with Crippen molar-refractivity contribution < 1.29 is 4.74 Å². The largest absolute Gasteiger partial charge is 0.385 e.